The van der Waals surface area contributed by atoms with Gasteiger partial charge in [0.25, 0.3) is 23.6 Å². The van der Waals surface area contributed by atoms with E-state index in [-0.39, 0.29) is 35.5 Å². The lowest BCUT2D eigenvalue weighted by atomic mass is 9.93. The molecule has 87 heavy (non-hydrogen) atoms. The van der Waals surface area contributed by atoms with E-state index in [2.05, 4.69) is 0 Å². The Morgan fingerprint density at radius 2 is 0.724 bits per heavy atom. The molecule has 9 rings (SSSR count). The Bertz CT molecular complexity index is 3150. The van der Waals surface area contributed by atoms with Gasteiger partial charge in [0.2, 0.25) is 0 Å². The van der Waals surface area contributed by atoms with Crippen molar-refractivity contribution in [2.45, 2.75) is 147 Å². The zero-order chi connectivity index (χ0) is 62.2. The number of imide groups is 2. The van der Waals surface area contributed by atoms with Gasteiger partial charge in [0, 0.05) is 48.7 Å². The minimum atomic E-state index is -2.00. The Morgan fingerprint density at radius 3 is 1.11 bits per heavy atom. The van der Waals surface area contributed by atoms with E-state index in [4.69, 9.17) is 66.3 Å². The van der Waals surface area contributed by atoms with Gasteiger partial charge < -0.3 is 66.3 Å². The Kier molecular flexibility index (Phi) is 20.3. The number of hydrogen-bond acceptors (Lipinski definition) is 24. The smallest absolute Gasteiger partial charge is 0.303 e. The minimum absolute atomic E-state index is 0.0454. The van der Waals surface area contributed by atoms with E-state index >= 15 is 0 Å². The molecule has 3 saturated heterocycles. The molecule has 26 nitrogen and oxygen atoms in total. The van der Waals surface area contributed by atoms with Crippen LogP contribution in [0.5, 0.6) is 0 Å². The maximum Gasteiger partial charge on any atom is 0.303 e. The summed E-state index contributed by atoms with van der Waals surface area (Å²) in [6, 6.07) is 25.9. The molecule has 0 aromatic heterocycles. The van der Waals surface area contributed by atoms with E-state index in [1.165, 1.54) is 55.6 Å². The molecule has 4 aromatic carbocycles. The number of benzene rings is 4. The van der Waals surface area contributed by atoms with Crippen molar-refractivity contribution in [3.8, 4) is 0 Å². The largest absolute Gasteiger partial charge is 0.463 e. The summed E-state index contributed by atoms with van der Waals surface area (Å²) in [4.78, 5) is 138. The van der Waals surface area contributed by atoms with Crippen LogP contribution < -0.4 is 0 Å². The molecule has 5 heterocycles. The molecule has 0 radical (unpaired) electrons. The van der Waals surface area contributed by atoms with Crippen LogP contribution in [-0.4, -0.2) is 188 Å². The van der Waals surface area contributed by atoms with Gasteiger partial charge in [-0.15, -0.1) is 0 Å². The monoisotopic (exact) mass is 1210 g/mol. The summed E-state index contributed by atoms with van der Waals surface area (Å²) < 4.78 is 87.5. The maximum absolute atomic E-state index is 14.8. The molecule has 462 valence electrons. The van der Waals surface area contributed by atoms with Gasteiger partial charge in [0.15, 0.2) is 43.3 Å². The number of rotatable bonds is 22. The highest BCUT2D eigenvalue weighted by atomic mass is 16.8. The third kappa shape index (κ3) is 14.2. The van der Waals surface area contributed by atoms with Crippen molar-refractivity contribution in [3.63, 3.8) is 0 Å². The number of fused-ring (bicyclic) bond motifs is 2. The molecular weight excluding hydrogens is 1140 g/mol. The van der Waals surface area contributed by atoms with Crippen LogP contribution in [0.3, 0.4) is 0 Å². The van der Waals surface area contributed by atoms with E-state index in [1.54, 1.807) is 54.6 Å². The first-order valence-electron chi connectivity index (χ1n) is 27.7. The van der Waals surface area contributed by atoms with E-state index in [0.29, 0.717) is 11.1 Å². The van der Waals surface area contributed by atoms with Crippen LogP contribution >= 0.6 is 0 Å². The van der Waals surface area contributed by atoms with E-state index in [0.717, 1.165) is 51.3 Å². The fourth-order valence-electron chi connectivity index (χ4n) is 11.1. The number of carbonyl (C=O) groups excluding carboxylic acids is 10. The lowest BCUT2D eigenvalue weighted by molar-refractivity contribution is -0.365. The first-order valence-corrected chi connectivity index (χ1v) is 27.7. The predicted molar refractivity (Wildman–Crippen MR) is 291 cm³/mol. The summed E-state index contributed by atoms with van der Waals surface area (Å²) in [5.74, 6) is -8.98. The van der Waals surface area contributed by atoms with Crippen molar-refractivity contribution < 1.29 is 114 Å². The van der Waals surface area contributed by atoms with E-state index < -0.39 is 171 Å². The highest BCUT2D eigenvalue weighted by Crippen LogP contribution is 2.41. The SMILES string of the molecule is CO[C@H]1O[C@H](CO[C@@H]2O[C@H](COC(C)=O)[C@@H](OC(C)=O)[C@H](OC(C)=O)[C@H]2N2C(=O)c3ccccc3C2=O)[C@@H](O[C@@H]2O[C@H](COC(C)=O)[C@@H](OC(C)=O)[C@H](OC(C)=O)[C@H]2N2C(=O)c3ccccc3C2=O)[C@H](OCc2ccccc2)[C@H]1OCc1ccccc1. The van der Waals surface area contributed by atoms with Gasteiger partial charge in [-0.3, -0.25) is 57.7 Å². The van der Waals surface area contributed by atoms with Gasteiger partial charge >= 0.3 is 35.8 Å². The summed E-state index contributed by atoms with van der Waals surface area (Å²) >= 11 is 0. The summed E-state index contributed by atoms with van der Waals surface area (Å²) in [6.45, 7) is 4.01. The lowest BCUT2D eigenvalue weighted by Gasteiger charge is -2.51. The average molecular weight is 1210 g/mol. The molecule has 0 N–H and O–H groups in total. The van der Waals surface area contributed by atoms with Crippen molar-refractivity contribution >= 4 is 59.4 Å². The van der Waals surface area contributed by atoms with Gasteiger partial charge in [-0.25, -0.2) is 0 Å². The van der Waals surface area contributed by atoms with Gasteiger partial charge in [0.1, 0.15) is 61.9 Å². The topological polar surface area (TPSA) is 306 Å². The molecule has 5 aliphatic rings. The van der Waals surface area contributed by atoms with Crippen molar-refractivity contribution in [2.24, 2.45) is 0 Å². The van der Waals surface area contributed by atoms with Gasteiger partial charge in [-0.1, -0.05) is 84.9 Å². The molecule has 26 heteroatoms. The Balaban J connectivity index is 1.20. The number of methoxy groups -OCH3 is 1. The number of ether oxygens (including phenoxy) is 14. The molecule has 5 aliphatic heterocycles. The first kappa shape index (κ1) is 63.2. The third-order valence-electron chi connectivity index (χ3n) is 14.7. The van der Waals surface area contributed by atoms with Gasteiger partial charge in [-0.05, 0) is 35.4 Å². The van der Waals surface area contributed by atoms with Crippen LogP contribution in [0.15, 0.2) is 109 Å². The molecule has 0 unspecified atom stereocenters. The Labute approximate surface area is 498 Å². The fraction of sp³-hybridized carbons (Fsp3) is 0.443. The number of nitrogens with zero attached hydrogens (tertiary/aromatic N) is 2. The van der Waals surface area contributed by atoms with Gasteiger partial charge in [0.05, 0.1) is 42.1 Å². The summed E-state index contributed by atoms with van der Waals surface area (Å²) in [7, 11) is 1.32. The zero-order valence-electron chi connectivity index (χ0n) is 48.3. The number of amides is 4. The Morgan fingerprint density at radius 1 is 0.379 bits per heavy atom. The molecule has 0 aliphatic carbocycles. The van der Waals surface area contributed by atoms with Crippen molar-refractivity contribution in [1.82, 2.24) is 9.80 Å². The number of esters is 6. The lowest BCUT2D eigenvalue weighted by Crippen LogP contribution is -2.70. The van der Waals surface area contributed by atoms with Crippen LogP contribution in [-0.2, 0) is 108 Å². The molecule has 0 spiro atoms. The summed E-state index contributed by atoms with van der Waals surface area (Å²) in [5, 5.41) is 0. The third-order valence-corrected chi connectivity index (χ3v) is 14.7. The van der Waals surface area contributed by atoms with Crippen LogP contribution in [0.2, 0.25) is 0 Å². The van der Waals surface area contributed by atoms with E-state index in [1.807, 2.05) is 6.07 Å². The quantitative estimate of drug-likeness (QED) is 0.0617. The van der Waals surface area contributed by atoms with Crippen molar-refractivity contribution in [3.05, 3.63) is 143 Å². The molecule has 4 amide bonds. The first-order chi connectivity index (χ1) is 41.7. The second-order valence-electron chi connectivity index (χ2n) is 20.8. The summed E-state index contributed by atoms with van der Waals surface area (Å²) in [6.07, 6.45) is -21.4. The standard InChI is InChI=1S/C61H64N2O24/c1-31(64)75-28-43-48(80-33(3)66)51(82-35(5)68)46(62-55(70)39-22-14-15-23-40(39)56(62)71)59(84-43)79-30-45-50(53(77-26-37-18-10-8-11-19-37)54(61(74-7)86-45)78-27-38-20-12-9-13-21-38)87-60-47(63-57(72)41-24-16-17-25-42(41)58(63)73)52(83-36(6)69)49(81-34(4)67)44(85-60)29-76-32(2)65/h8-25,43-54,59-61H,26-30H2,1-7H3/t43-,44-,45-,46-,47-,48-,49-,50-,51-,52-,53+,54-,59-,60+,61+/m1/s1. The molecule has 4 aromatic rings. The molecule has 0 saturated carbocycles. The molecule has 15 atom stereocenters. The predicted octanol–water partition coefficient (Wildman–Crippen LogP) is 3.56. The second-order valence-corrected chi connectivity index (χ2v) is 20.8. The molecule has 0 bridgehead atoms. The van der Waals surface area contributed by atoms with Crippen LogP contribution in [0.25, 0.3) is 0 Å². The fourth-order valence-corrected chi connectivity index (χ4v) is 11.1. The minimum Gasteiger partial charge on any atom is -0.463 e. The number of hydrogen-bond donors (Lipinski definition) is 0. The van der Waals surface area contributed by atoms with Gasteiger partial charge in [-0.2, -0.15) is 0 Å². The highest BCUT2D eigenvalue weighted by Gasteiger charge is 2.61. The molecule has 3 fully saturated rings. The normalized spacial score (nSPS) is 28.5. The second kappa shape index (κ2) is 28.0. The van der Waals surface area contributed by atoms with Crippen LogP contribution in [0.1, 0.15) is 94.1 Å². The molecular formula is C61H64N2O24. The van der Waals surface area contributed by atoms with Crippen molar-refractivity contribution in [1.29, 1.82) is 0 Å². The number of carbonyl (C=O) groups is 10. The van der Waals surface area contributed by atoms with Crippen LogP contribution in [0.4, 0.5) is 0 Å². The maximum atomic E-state index is 14.8. The average Bonchev–Trinajstić information content (AvgIpc) is 1.75. The van der Waals surface area contributed by atoms with Crippen molar-refractivity contribution in [2.75, 3.05) is 26.9 Å². The summed E-state index contributed by atoms with van der Waals surface area (Å²) in [5.41, 5.74) is 1.13. The zero-order valence-corrected chi connectivity index (χ0v) is 48.3. The Hall–Kier alpha value is -8.34. The highest BCUT2D eigenvalue weighted by molar-refractivity contribution is 6.22. The van der Waals surface area contributed by atoms with E-state index in [9.17, 15) is 47.9 Å². The van der Waals surface area contributed by atoms with Crippen LogP contribution in [0, 0.1) is 0 Å².